The van der Waals surface area contributed by atoms with Crippen LogP contribution in [0.25, 0.3) is 11.1 Å². The van der Waals surface area contributed by atoms with E-state index in [1.54, 1.807) is 0 Å². The number of carbonyl (C=O) groups is 1. The van der Waals surface area contributed by atoms with E-state index in [0.29, 0.717) is 31.5 Å². The average molecular weight is 295 g/mol. The van der Waals surface area contributed by atoms with Crippen molar-refractivity contribution < 1.29 is 9.90 Å². The van der Waals surface area contributed by atoms with Gasteiger partial charge < -0.3 is 10.0 Å². The number of nitrogens with zero attached hydrogens (tertiary/aromatic N) is 1. The minimum absolute atomic E-state index is 0.0510. The van der Waals surface area contributed by atoms with Gasteiger partial charge >= 0.3 is 0 Å². The molecule has 0 unspecified atom stereocenters. The molecular weight excluding hydrogens is 274 g/mol. The highest BCUT2D eigenvalue weighted by Gasteiger charge is 2.29. The van der Waals surface area contributed by atoms with Crippen molar-refractivity contribution >= 4 is 5.91 Å². The van der Waals surface area contributed by atoms with Crippen LogP contribution in [0.2, 0.25) is 0 Å². The molecule has 0 saturated carbocycles. The van der Waals surface area contributed by atoms with E-state index in [2.05, 4.69) is 12.1 Å². The predicted molar refractivity (Wildman–Crippen MR) is 87.6 cm³/mol. The molecule has 0 aromatic heterocycles. The molecule has 1 N–H and O–H groups in total. The first kappa shape index (κ1) is 14.8. The monoisotopic (exact) mass is 295 g/mol. The van der Waals surface area contributed by atoms with Crippen LogP contribution in [0.1, 0.15) is 30.1 Å². The number of hydrogen-bond acceptors (Lipinski definition) is 2. The van der Waals surface area contributed by atoms with Gasteiger partial charge in [-0.1, -0.05) is 42.5 Å². The van der Waals surface area contributed by atoms with Crippen LogP contribution >= 0.6 is 0 Å². The van der Waals surface area contributed by atoms with Crippen LogP contribution in [0.3, 0.4) is 0 Å². The van der Waals surface area contributed by atoms with Crippen LogP contribution in [0.15, 0.2) is 54.6 Å². The van der Waals surface area contributed by atoms with E-state index in [4.69, 9.17) is 0 Å². The first-order chi connectivity index (χ1) is 10.6. The Morgan fingerprint density at radius 1 is 0.955 bits per heavy atom. The minimum atomic E-state index is -0.631. The van der Waals surface area contributed by atoms with Crippen molar-refractivity contribution in [1.82, 2.24) is 4.90 Å². The number of amides is 1. The molecule has 2 aromatic carbocycles. The van der Waals surface area contributed by atoms with E-state index in [9.17, 15) is 9.90 Å². The van der Waals surface area contributed by atoms with Gasteiger partial charge in [0.1, 0.15) is 0 Å². The van der Waals surface area contributed by atoms with Gasteiger partial charge in [0.15, 0.2) is 0 Å². The van der Waals surface area contributed by atoms with Crippen LogP contribution in [0.4, 0.5) is 0 Å². The van der Waals surface area contributed by atoms with Crippen LogP contribution in [-0.4, -0.2) is 34.6 Å². The zero-order valence-corrected chi connectivity index (χ0v) is 12.8. The van der Waals surface area contributed by atoms with Crippen molar-refractivity contribution in [3.63, 3.8) is 0 Å². The van der Waals surface area contributed by atoms with Gasteiger partial charge in [-0.15, -0.1) is 0 Å². The zero-order chi connectivity index (χ0) is 15.6. The Morgan fingerprint density at radius 3 is 2.09 bits per heavy atom. The molecular formula is C19H21NO2. The number of piperidine rings is 1. The molecule has 114 valence electrons. The Hall–Kier alpha value is -2.13. The minimum Gasteiger partial charge on any atom is -0.390 e. The Morgan fingerprint density at radius 2 is 1.50 bits per heavy atom. The molecule has 2 aromatic rings. The molecule has 3 heteroatoms. The van der Waals surface area contributed by atoms with E-state index in [0.717, 1.165) is 11.1 Å². The number of benzene rings is 2. The van der Waals surface area contributed by atoms with Crippen molar-refractivity contribution in [3.8, 4) is 11.1 Å². The normalized spacial score (nSPS) is 17.3. The molecule has 0 radical (unpaired) electrons. The Balaban J connectivity index is 1.72. The maximum atomic E-state index is 12.5. The molecule has 1 saturated heterocycles. The molecule has 1 heterocycles. The fraction of sp³-hybridized carbons (Fsp3) is 0.316. The van der Waals surface area contributed by atoms with E-state index < -0.39 is 5.60 Å². The topological polar surface area (TPSA) is 40.5 Å². The lowest BCUT2D eigenvalue weighted by Crippen LogP contribution is -2.45. The smallest absolute Gasteiger partial charge is 0.253 e. The van der Waals surface area contributed by atoms with Gasteiger partial charge in [0.25, 0.3) is 5.91 Å². The highest BCUT2D eigenvalue weighted by atomic mass is 16.3. The summed E-state index contributed by atoms with van der Waals surface area (Å²) < 4.78 is 0. The quantitative estimate of drug-likeness (QED) is 0.923. The fourth-order valence-electron chi connectivity index (χ4n) is 2.81. The van der Waals surface area contributed by atoms with E-state index >= 15 is 0 Å². The van der Waals surface area contributed by atoms with E-state index in [-0.39, 0.29) is 5.91 Å². The van der Waals surface area contributed by atoms with Gasteiger partial charge in [-0.3, -0.25) is 4.79 Å². The number of hydrogen-bond donors (Lipinski definition) is 1. The molecule has 1 aliphatic rings. The number of aliphatic hydroxyl groups is 1. The summed E-state index contributed by atoms with van der Waals surface area (Å²) in [6, 6.07) is 17.9. The molecule has 0 atom stereocenters. The summed E-state index contributed by atoms with van der Waals surface area (Å²) in [5, 5.41) is 9.97. The van der Waals surface area contributed by atoms with Crippen LogP contribution < -0.4 is 0 Å². The average Bonchev–Trinajstić information content (AvgIpc) is 2.55. The second kappa shape index (κ2) is 5.93. The van der Waals surface area contributed by atoms with Crippen LogP contribution in [0, 0.1) is 0 Å². The SMILES string of the molecule is CC1(O)CCN(C(=O)c2ccc(-c3ccccc3)cc2)CC1. The van der Waals surface area contributed by atoms with Gasteiger partial charge in [-0.2, -0.15) is 0 Å². The lowest BCUT2D eigenvalue weighted by molar-refractivity contribution is -0.00202. The molecule has 3 rings (SSSR count). The summed E-state index contributed by atoms with van der Waals surface area (Å²) in [6.45, 7) is 3.07. The number of carbonyl (C=O) groups excluding carboxylic acids is 1. The van der Waals surface area contributed by atoms with Gasteiger partial charge in [0, 0.05) is 18.7 Å². The Labute approximate surface area is 131 Å². The second-order valence-electron chi connectivity index (χ2n) is 6.23. The third-order valence-corrected chi connectivity index (χ3v) is 4.37. The van der Waals surface area contributed by atoms with Gasteiger partial charge in [0.05, 0.1) is 5.60 Å². The van der Waals surface area contributed by atoms with Crippen molar-refractivity contribution in [1.29, 1.82) is 0 Å². The molecule has 0 bridgehead atoms. The predicted octanol–water partition coefficient (Wildman–Crippen LogP) is 3.34. The Kier molecular flexibility index (Phi) is 3.99. The third-order valence-electron chi connectivity index (χ3n) is 4.37. The first-order valence-electron chi connectivity index (χ1n) is 7.72. The summed E-state index contributed by atoms with van der Waals surface area (Å²) in [5.41, 5.74) is 2.34. The largest absolute Gasteiger partial charge is 0.390 e. The van der Waals surface area contributed by atoms with Gasteiger partial charge in [-0.05, 0) is 43.0 Å². The molecule has 1 fully saturated rings. The molecule has 0 aliphatic carbocycles. The fourth-order valence-corrected chi connectivity index (χ4v) is 2.81. The number of likely N-dealkylation sites (tertiary alicyclic amines) is 1. The first-order valence-corrected chi connectivity index (χ1v) is 7.72. The molecule has 3 nitrogen and oxygen atoms in total. The lowest BCUT2D eigenvalue weighted by atomic mass is 9.93. The van der Waals surface area contributed by atoms with Gasteiger partial charge in [-0.25, -0.2) is 0 Å². The maximum Gasteiger partial charge on any atom is 0.253 e. The molecule has 1 aliphatic heterocycles. The zero-order valence-electron chi connectivity index (χ0n) is 12.8. The highest BCUT2D eigenvalue weighted by Crippen LogP contribution is 2.24. The Bertz CT molecular complexity index is 637. The summed E-state index contributed by atoms with van der Waals surface area (Å²) >= 11 is 0. The highest BCUT2D eigenvalue weighted by molar-refractivity contribution is 5.94. The van der Waals surface area contributed by atoms with Crippen LogP contribution in [0.5, 0.6) is 0 Å². The molecule has 1 amide bonds. The van der Waals surface area contributed by atoms with Crippen LogP contribution in [-0.2, 0) is 0 Å². The maximum absolute atomic E-state index is 12.5. The van der Waals surface area contributed by atoms with Gasteiger partial charge in [0.2, 0.25) is 0 Å². The summed E-state index contributed by atoms with van der Waals surface area (Å²) in [4.78, 5) is 14.3. The van der Waals surface area contributed by atoms with E-state index in [1.165, 1.54) is 0 Å². The summed E-state index contributed by atoms with van der Waals surface area (Å²) in [7, 11) is 0. The van der Waals surface area contributed by atoms with Crippen molar-refractivity contribution in [3.05, 3.63) is 60.2 Å². The lowest BCUT2D eigenvalue weighted by Gasteiger charge is -2.35. The van der Waals surface area contributed by atoms with Crippen molar-refractivity contribution in [2.45, 2.75) is 25.4 Å². The third kappa shape index (κ3) is 3.20. The standard InChI is InChI=1S/C19H21NO2/c1-19(22)11-13-20(14-12-19)18(21)17-9-7-16(8-10-17)15-5-3-2-4-6-15/h2-10,22H,11-14H2,1H3. The van der Waals surface area contributed by atoms with Crippen molar-refractivity contribution in [2.75, 3.05) is 13.1 Å². The molecule has 0 spiro atoms. The number of rotatable bonds is 2. The molecule has 22 heavy (non-hydrogen) atoms. The summed E-state index contributed by atoms with van der Waals surface area (Å²) in [5.74, 6) is 0.0510. The second-order valence-corrected chi connectivity index (χ2v) is 6.23. The van der Waals surface area contributed by atoms with Crippen molar-refractivity contribution in [2.24, 2.45) is 0 Å². The summed E-state index contributed by atoms with van der Waals surface area (Å²) in [6.07, 6.45) is 1.28. The van der Waals surface area contributed by atoms with E-state index in [1.807, 2.05) is 54.3 Å².